The number of ether oxygens (including phenoxy) is 1. The van der Waals surface area contributed by atoms with Gasteiger partial charge in [-0.05, 0) is 24.6 Å². The van der Waals surface area contributed by atoms with E-state index in [2.05, 4.69) is 51.6 Å². The Morgan fingerprint density at radius 2 is 2.27 bits per heavy atom. The van der Waals surface area contributed by atoms with Crippen LogP contribution in [-0.4, -0.2) is 32.7 Å². The molecule has 1 aromatic carbocycles. The predicted octanol–water partition coefficient (Wildman–Crippen LogP) is 3.38. The van der Waals surface area contributed by atoms with Crippen LogP contribution in [0, 0.1) is 0 Å². The Kier molecular flexibility index (Phi) is 3.22. The zero-order chi connectivity index (χ0) is 15.1. The summed E-state index contributed by atoms with van der Waals surface area (Å²) in [5, 5.41) is 0. The molecule has 5 heteroatoms. The van der Waals surface area contributed by atoms with Crippen LogP contribution >= 0.6 is 0 Å². The maximum absolute atomic E-state index is 5.50. The van der Waals surface area contributed by atoms with Gasteiger partial charge < -0.3 is 14.3 Å². The molecule has 22 heavy (non-hydrogen) atoms. The van der Waals surface area contributed by atoms with E-state index in [1.165, 1.54) is 0 Å². The van der Waals surface area contributed by atoms with E-state index in [0.717, 1.165) is 48.0 Å². The monoisotopic (exact) mass is 296 g/mol. The topological polar surface area (TPSA) is 55.7 Å². The van der Waals surface area contributed by atoms with Crippen molar-refractivity contribution in [1.29, 1.82) is 0 Å². The summed E-state index contributed by atoms with van der Waals surface area (Å²) in [5.41, 5.74) is 3.20. The van der Waals surface area contributed by atoms with E-state index < -0.39 is 0 Å². The summed E-state index contributed by atoms with van der Waals surface area (Å²) >= 11 is 0. The molecular formula is C17H20N4O. The summed E-state index contributed by atoms with van der Waals surface area (Å²) < 4.78 is 7.66. The Bertz CT molecular complexity index is 796. The third-order valence-corrected chi connectivity index (χ3v) is 4.27. The highest BCUT2D eigenvalue weighted by Gasteiger charge is 2.22. The number of H-pyrrole nitrogens is 1. The highest BCUT2D eigenvalue weighted by molar-refractivity contribution is 5.77. The molecule has 0 amide bonds. The number of nitrogens with one attached hydrogen (secondary N) is 1. The first-order valence-electron chi connectivity index (χ1n) is 7.83. The molecule has 1 saturated heterocycles. The van der Waals surface area contributed by atoms with Gasteiger partial charge in [0, 0.05) is 36.5 Å². The van der Waals surface area contributed by atoms with Crippen molar-refractivity contribution < 1.29 is 4.74 Å². The average molecular weight is 296 g/mol. The number of imidazole rings is 2. The quantitative estimate of drug-likeness (QED) is 0.806. The summed E-state index contributed by atoms with van der Waals surface area (Å²) in [6.45, 7) is 5.88. The van der Waals surface area contributed by atoms with Crippen LogP contribution in [0.25, 0.3) is 16.7 Å². The fourth-order valence-corrected chi connectivity index (χ4v) is 3.01. The van der Waals surface area contributed by atoms with Gasteiger partial charge in [-0.3, -0.25) is 0 Å². The molecule has 0 spiro atoms. The molecule has 0 aliphatic carbocycles. The van der Waals surface area contributed by atoms with Gasteiger partial charge in [-0.2, -0.15) is 0 Å². The summed E-state index contributed by atoms with van der Waals surface area (Å²) in [6.07, 6.45) is 4.93. The fourth-order valence-electron chi connectivity index (χ4n) is 3.01. The molecule has 1 N–H and O–H groups in total. The molecule has 3 aromatic rings. The van der Waals surface area contributed by atoms with Crippen LogP contribution in [0.15, 0.2) is 30.6 Å². The Hall–Kier alpha value is -2.14. The zero-order valence-corrected chi connectivity index (χ0v) is 12.9. The Morgan fingerprint density at radius 1 is 1.36 bits per heavy atom. The van der Waals surface area contributed by atoms with E-state index >= 15 is 0 Å². The van der Waals surface area contributed by atoms with Gasteiger partial charge in [-0.1, -0.05) is 13.8 Å². The molecule has 0 radical (unpaired) electrons. The lowest BCUT2D eigenvalue weighted by Gasteiger charge is -2.11. The highest BCUT2D eigenvalue weighted by atomic mass is 16.5. The number of rotatable bonds is 3. The smallest absolute Gasteiger partial charge is 0.118 e. The number of fused-ring (bicyclic) bond motifs is 1. The maximum atomic E-state index is 5.50. The highest BCUT2D eigenvalue weighted by Crippen LogP contribution is 2.27. The number of benzene rings is 1. The first-order valence-corrected chi connectivity index (χ1v) is 7.83. The second-order valence-electron chi connectivity index (χ2n) is 6.19. The SMILES string of the molecule is CC(C)c1nc2ccc(-n3ccnc3C3CCOC3)cc2[nH]1. The zero-order valence-electron chi connectivity index (χ0n) is 12.9. The molecule has 0 saturated carbocycles. The van der Waals surface area contributed by atoms with Crippen LogP contribution in [0.5, 0.6) is 0 Å². The second-order valence-corrected chi connectivity index (χ2v) is 6.19. The minimum absolute atomic E-state index is 0.388. The van der Waals surface area contributed by atoms with Crippen molar-refractivity contribution in [2.24, 2.45) is 0 Å². The molecule has 114 valence electrons. The van der Waals surface area contributed by atoms with Gasteiger partial charge in [-0.15, -0.1) is 0 Å². The van der Waals surface area contributed by atoms with Crippen molar-refractivity contribution >= 4 is 11.0 Å². The van der Waals surface area contributed by atoms with Crippen LogP contribution in [0.1, 0.15) is 43.8 Å². The molecule has 1 fully saturated rings. The first-order chi connectivity index (χ1) is 10.7. The van der Waals surface area contributed by atoms with E-state index in [1.54, 1.807) is 0 Å². The van der Waals surface area contributed by atoms with Crippen molar-refractivity contribution in [3.63, 3.8) is 0 Å². The Labute approximate surface area is 129 Å². The minimum atomic E-state index is 0.388. The standard InChI is InChI=1S/C17H20N4O/c1-11(2)16-19-14-4-3-13(9-15(14)20-16)21-7-6-18-17(21)12-5-8-22-10-12/h3-4,6-7,9,11-12H,5,8,10H2,1-2H3,(H,19,20). The molecule has 3 heterocycles. The van der Waals surface area contributed by atoms with Crippen LogP contribution in [0.3, 0.4) is 0 Å². The number of nitrogens with zero attached hydrogens (tertiary/aromatic N) is 3. The molecule has 1 atom stereocenters. The lowest BCUT2D eigenvalue weighted by atomic mass is 10.1. The van der Waals surface area contributed by atoms with Gasteiger partial charge in [0.1, 0.15) is 11.6 Å². The van der Waals surface area contributed by atoms with E-state index in [-0.39, 0.29) is 0 Å². The third-order valence-electron chi connectivity index (χ3n) is 4.27. The maximum Gasteiger partial charge on any atom is 0.118 e. The van der Waals surface area contributed by atoms with E-state index in [4.69, 9.17) is 4.74 Å². The summed E-state index contributed by atoms with van der Waals surface area (Å²) in [5.74, 6) is 2.90. The number of aromatic nitrogens is 4. The first kappa shape index (κ1) is 13.5. The summed E-state index contributed by atoms with van der Waals surface area (Å²) in [4.78, 5) is 12.6. The van der Waals surface area contributed by atoms with Gasteiger partial charge in [0.15, 0.2) is 0 Å². The van der Waals surface area contributed by atoms with E-state index in [0.29, 0.717) is 11.8 Å². The van der Waals surface area contributed by atoms with Crippen molar-refractivity contribution in [2.75, 3.05) is 13.2 Å². The molecular weight excluding hydrogens is 276 g/mol. The summed E-state index contributed by atoms with van der Waals surface area (Å²) in [7, 11) is 0. The summed E-state index contributed by atoms with van der Waals surface area (Å²) in [6, 6.07) is 6.32. The normalized spacial score (nSPS) is 18.6. The van der Waals surface area contributed by atoms with Crippen molar-refractivity contribution in [3.8, 4) is 5.69 Å². The van der Waals surface area contributed by atoms with Crippen LogP contribution in [0.2, 0.25) is 0 Å². The van der Waals surface area contributed by atoms with Gasteiger partial charge in [0.25, 0.3) is 0 Å². The molecule has 1 aliphatic heterocycles. The van der Waals surface area contributed by atoms with Crippen LogP contribution in [0.4, 0.5) is 0 Å². The molecule has 1 unspecified atom stereocenters. The van der Waals surface area contributed by atoms with Gasteiger partial charge in [-0.25, -0.2) is 9.97 Å². The van der Waals surface area contributed by atoms with E-state index in [9.17, 15) is 0 Å². The lowest BCUT2D eigenvalue weighted by molar-refractivity contribution is 0.193. The number of hydrogen-bond donors (Lipinski definition) is 1. The minimum Gasteiger partial charge on any atom is -0.381 e. The largest absolute Gasteiger partial charge is 0.381 e. The van der Waals surface area contributed by atoms with E-state index in [1.807, 2.05) is 12.4 Å². The third kappa shape index (κ3) is 2.22. The second kappa shape index (κ2) is 5.25. The molecule has 1 aliphatic rings. The molecule has 4 rings (SSSR count). The average Bonchev–Trinajstić information content (AvgIpc) is 3.24. The predicted molar refractivity (Wildman–Crippen MR) is 85.5 cm³/mol. The Balaban J connectivity index is 1.76. The molecule has 0 bridgehead atoms. The Morgan fingerprint density at radius 3 is 3.05 bits per heavy atom. The van der Waals surface area contributed by atoms with Crippen LogP contribution in [-0.2, 0) is 4.74 Å². The van der Waals surface area contributed by atoms with Crippen LogP contribution < -0.4 is 0 Å². The fraction of sp³-hybridized carbons (Fsp3) is 0.412. The van der Waals surface area contributed by atoms with Gasteiger partial charge in [0.05, 0.1) is 17.6 Å². The van der Waals surface area contributed by atoms with Crippen molar-refractivity contribution in [1.82, 2.24) is 19.5 Å². The number of hydrogen-bond acceptors (Lipinski definition) is 3. The number of aromatic amines is 1. The van der Waals surface area contributed by atoms with Crippen molar-refractivity contribution in [3.05, 3.63) is 42.2 Å². The van der Waals surface area contributed by atoms with Crippen molar-refractivity contribution in [2.45, 2.75) is 32.1 Å². The lowest BCUT2D eigenvalue weighted by Crippen LogP contribution is -2.07. The van der Waals surface area contributed by atoms with Gasteiger partial charge >= 0.3 is 0 Å². The van der Waals surface area contributed by atoms with Gasteiger partial charge in [0.2, 0.25) is 0 Å². The molecule has 5 nitrogen and oxygen atoms in total. The molecule has 2 aromatic heterocycles.